The molecule has 2 aromatic rings. The Morgan fingerprint density at radius 2 is 1.44 bits per heavy atom. The van der Waals surface area contributed by atoms with Gasteiger partial charge in [-0.25, -0.2) is 0 Å². The van der Waals surface area contributed by atoms with E-state index in [0.29, 0.717) is 11.3 Å². The number of hydrogen-bond acceptors (Lipinski definition) is 3. The van der Waals surface area contributed by atoms with Gasteiger partial charge in [-0.05, 0) is 35.4 Å². The van der Waals surface area contributed by atoms with Crippen molar-refractivity contribution in [1.29, 1.82) is 0 Å². The third kappa shape index (κ3) is 6.54. The summed E-state index contributed by atoms with van der Waals surface area (Å²) >= 11 is 0. The number of nitrogens with one attached hydrogen (secondary N) is 1. The highest BCUT2D eigenvalue weighted by Crippen LogP contribution is 2.23. The Balaban J connectivity index is 1.90. The minimum atomic E-state index is -4.75. The van der Waals surface area contributed by atoms with Crippen molar-refractivity contribution in [2.75, 3.05) is 5.32 Å². The topological polar surface area (TPSA) is 81.4 Å². The lowest BCUT2D eigenvalue weighted by Crippen LogP contribution is -2.17. The van der Waals surface area contributed by atoms with E-state index in [4.69, 9.17) is 5.73 Å². The van der Waals surface area contributed by atoms with Gasteiger partial charge in [0, 0.05) is 5.69 Å². The number of halogens is 3. The largest absolute Gasteiger partial charge is 0.573 e. The summed E-state index contributed by atoms with van der Waals surface area (Å²) in [4.78, 5) is 22.8. The predicted molar refractivity (Wildman–Crippen MR) is 84.8 cm³/mol. The first-order chi connectivity index (χ1) is 11.7. The quantitative estimate of drug-likeness (QED) is 0.839. The van der Waals surface area contributed by atoms with Crippen molar-refractivity contribution in [2.45, 2.75) is 19.2 Å². The van der Waals surface area contributed by atoms with E-state index >= 15 is 0 Å². The minimum Gasteiger partial charge on any atom is -0.406 e. The molecule has 0 aliphatic heterocycles. The van der Waals surface area contributed by atoms with Crippen LogP contribution >= 0.6 is 0 Å². The lowest BCUT2D eigenvalue weighted by molar-refractivity contribution is -0.274. The van der Waals surface area contributed by atoms with Gasteiger partial charge in [0.05, 0.1) is 12.8 Å². The number of hydrogen-bond donors (Lipinski definition) is 2. The zero-order valence-electron chi connectivity index (χ0n) is 13.0. The van der Waals surface area contributed by atoms with Crippen molar-refractivity contribution in [3.63, 3.8) is 0 Å². The van der Waals surface area contributed by atoms with Crippen LogP contribution in [-0.4, -0.2) is 18.2 Å². The van der Waals surface area contributed by atoms with Gasteiger partial charge < -0.3 is 15.8 Å². The second-order valence-corrected chi connectivity index (χ2v) is 5.26. The van der Waals surface area contributed by atoms with Gasteiger partial charge in [0.2, 0.25) is 11.8 Å². The van der Waals surface area contributed by atoms with Crippen molar-refractivity contribution in [3.8, 4) is 5.75 Å². The molecule has 8 heteroatoms. The van der Waals surface area contributed by atoms with E-state index in [2.05, 4.69) is 10.1 Å². The Morgan fingerprint density at radius 3 is 1.96 bits per heavy atom. The molecular weight excluding hydrogens is 337 g/mol. The van der Waals surface area contributed by atoms with Gasteiger partial charge in [-0.3, -0.25) is 9.59 Å². The van der Waals surface area contributed by atoms with Crippen LogP contribution in [0.3, 0.4) is 0 Å². The van der Waals surface area contributed by atoms with E-state index in [1.807, 2.05) is 0 Å². The van der Waals surface area contributed by atoms with Crippen molar-refractivity contribution in [1.82, 2.24) is 0 Å². The van der Waals surface area contributed by atoms with Crippen LogP contribution in [0, 0.1) is 0 Å². The molecule has 3 N–H and O–H groups in total. The van der Waals surface area contributed by atoms with Crippen LogP contribution in [0.15, 0.2) is 48.5 Å². The van der Waals surface area contributed by atoms with E-state index in [0.717, 1.165) is 17.7 Å². The molecule has 25 heavy (non-hydrogen) atoms. The molecule has 0 atom stereocenters. The number of primary amides is 1. The summed E-state index contributed by atoms with van der Waals surface area (Å²) in [6, 6.07) is 11.7. The lowest BCUT2D eigenvalue weighted by atomic mass is 10.1. The van der Waals surface area contributed by atoms with Crippen LogP contribution in [0.5, 0.6) is 5.75 Å². The van der Waals surface area contributed by atoms with Crippen LogP contribution < -0.4 is 15.8 Å². The molecule has 0 aliphatic carbocycles. The molecule has 0 radical (unpaired) electrons. The first kappa shape index (κ1) is 18.3. The molecule has 132 valence electrons. The summed E-state index contributed by atoms with van der Waals surface area (Å²) in [5.41, 5.74) is 6.90. The van der Waals surface area contributed by atoms with E-state index in [9.17, 15) is 22.8 Å². The minimum absolute atomic E-state index is 0.00463. The van der Waals surface area contributed by atoms with Gasteiger partial charge in [-0.15, -0.1) is 13.2 Å². The first-order valence-corrected chi connectivity index (χ1v) is 7.23. The standard InChI is InChI=1S/C17H15F3N2O3/c18-17(19,20)25-14-7-3-12(4-8-14)10-16(24)22-13-5-1-11(2-6-13)9-15(21)23/h1-8H,9-10H2,(H2,21,23)(H,22,24). The third-order valence-electron chi connectivity index (χ3n) is 3.14. The smallest absolute Gasteiger partial charge is 0.406 e. The van der Waals surface area contributed by atoms with Crippen molar-refractivity contribution in [3.05, 3.63) is 59.7 Å². The fourth-order valence-corrected chi connectivity index (χ4v) is 2.11. The summed E-state index contributed by atoms with van der Waals surface area (Å²) in [5.74, 6) is -1.12. The molecule has 0 spiro atoms. The number of alkyl halides is 3. The van der Waals surface area contributed by atoms with E-state index < -0.39 is 12.3 Å². The summed E-state index contributed by atoms with van der Waals surface area (Å²) in [7, 11) is 0. The van der Waals surface area contributed by atoms with Crippen molar-refractivity contribution < 1.29 is 27.5 Å². The normalized spacial score (nSPS) is 11.0. The molecule has 0 heterocycles. The van der Waals surface area contributed by atoms with Gasteiger partial charge in [0.25, 0.3) is 0 Å². The number of benzene rings is 2. The summed E-state index contributed by atoms with van der Waals surface area (Å²) in [6.45, 7) is 0. The van der Waals surface area contributed by atoms with E-state index in [1.165, 1.54) is 12.1 Å². The number of amides is 2. The van der Waals surface area contributed by atoms with Gasteiger partial charge in [0.15, 0.2) is 0 Å². The fraction of sp³-hybridized carbons (Fsp3) is 0.176. The zero-order chi connectivity index (χ0) is 18.4. The molecular formula is C17H15F3N2O3. The van der Waals surface area contributed by atoms with Crippen molar-refractivity contribution >= 4 is 17.5 Å². The highest BCUT2D eigenvalue weighted by molar-refractivity contribution is 5.92. The second kappa shape index (κ2) is 7.69. The molecule has 0 saturated heterocycles. The molecule has 0 saturated carbocycles. The number of rotatable bonds is 6. The van der Waals surface area contributed by atoms with Crippen molar-refractivity contribution in [2.24, 2.45) is 5.73 Å². The molecule has 5 nitrogen and oxygen atoms in total. The van der Waals surface area contributed by atoms with Gasteiger partial charge in [-0.2, -0.15) is 0 Å². The van der Waals surface area contributed by atoms with Crippen LogP contribution in [0.25, 0.3) is 0 Å². The maximum atomic E-state index is 12.1. The molecule has 2 rings (SSSR count). The zero-order valence-corrected chi connectivity index (χ0v) is 13.0. The predicted octanol–water partition coefficient (Wildman–Crippen LogP) is 2.79. The van der Waals surface area contributed by atoms with Gasteiger partial charge in [0.1, 0.15) is 5.75 Å². The highest BCUT2D eigenvalue weighted by atomic mass is 19.4. The molecule has 0 aromatic heterocycles. The second-order valence-electron chi connectivity index (χ2n) is 5.26. The monoisotopic (exact) mass is 352 g/mol. The average molecular weight is 352 g/mol. The Hall–Kier alpha value is -3.03. The number of ether oxygens (including phenoxy) is 1. The van der Waals surface area contributed by atoms with Gasteiger partial charge in [-0.1, -0.05) is 24.3 Å². The summed E-state index contributed by atoms with van der Waals surface area (Å²) in [5, 5.41) is 2.66. The van der Waals surface area contributed by atoms with Crippen LogP contribution in [0.2, 0.25) is 0 Å². The maximum absolute atomic E-state index is 12.1. The molecule has 2 amide bonds. The molecule has 0 unspecified atom stereocenters. The Morgan fingerprint density at radius 1 is 0.920 bits per heavy atom. The Labute approximate surface area is 141 Å². The maximum Gasteiger partial charge on any atom is 0.573 e. The molecule has 0 aliphatic rings. The molecule has 0 fully saturated rings. The van der Waals surface area contributed by atoms with E-state index in [-0.39, 0.29) is 24.5 Å². The van der Waals surface area contributed by atoms with Crippen LogP contribution in [0.4, 0.5) is 18.9 Å². The number of carbonyl (C=O) groups is 2. The lowest BCUT2D eigenvalue weighted by Gasteiger charge is -2.09. The summed E-state index contributed by atoms with van der Waals surface area (Å²) in [6.07, 6.45) is -4.64. The third-order valence-corrected chi connectivity index (χ3v) is 3.14. The molecule has 0 bridgehead atoms. The SMILES string of the molecule is NC(=O)Cc1ccc(NC(=O)Cc2ccc(OC(F)(F)F)cc2)cc1. The van der Waals surface area contributed by atoms with Gasteiger partial charge >= 0.3 is 6.36 Å². The van der Waals surface area contributed by atoms with Crippen LogP contribution in [0.1, 0.15) is 11.1 Å². The average Bonchev–Trinajstić information content (AvgIpc) is 2.49. The Kier molecular flexibility index (Phi) is 5.63. The molecule has 2 aromatic carbocycles. The fourth-order valence-electron chi connectivity index (χ4n) is 2.11. The van der Waals surface area contributed by atoms with Crippen LogP contribution in [-0.2, 0) is 22.4 Å². The summed E-state index contributed by atoms with van der Waals surface area (Å²) < 4.78 is 40.0. The number of nitrogens with two attached hydrogens (primary N) is 1. The van der Waals surface area contributed by atoms with E-state index in [1.54, 1.807) is 24.3 Å². The number of anilines is 1. The first-order valence-electron chi connectivity index (χ1n) is 7.23. The number of carbonyl (C=O) groups excluding carboxylic acids is 2. The Bertz CT molecular complexity index is 741. The highest BCUT2D eigenvalue weighted by Gasteiger charge is 2.30.